The fourth-order valence-electron chi connectivity index (χ4n) is 1.78. The Kier molecular flexibility index (Phi) is 4.41. The van der Waals surface area contributed by atoms with Gasteiger partial charge in [0.1, 0.15) is 6.54 Å². The van der Waals surface area contributed by atoms with Gasteiger partial charge in [0, 0.05) is 0 Å². The van der Waals surface area contributed by atoms with Crippen LogP contribution >= 0.6 is 0 Å². The number of sulfonamides is 1. The molecule has 2 aromatic rings. The predicted molar refractivity (Wildman–Crippen MR) is 80.1 cm³/mol. The van der Waals surface area contributed by atoms with E-state index in [1.807, 2.05) is 6.92 Å². The Labute approximate surface area is 128 Å². The number of carbonyl (C=O) groups is 1. The lowest BCUT2D eigenvalue weighted by Crippen LogP contribution is -2.31. The maximum absolute atomic E-state index is 12.3. The first-order chi connectivity index (χ1) is 10.3. The van der Waals surface area contributed by atoms with E-state index in [-0.39, 0.29) is 16.9 Å². The molecule has 0 aliphatic heterocycles. The Morgan fingerprint density at radius 3 is 2.41 bits per heavy atom. The van der Waals surface area contributed by atoms with E-state index in [4.69, 9.17) is 5.73 Å². The number of aryl methyl sites for hydroxylation is 2. The molecule has 0 unspecified atom stereocenters. The topological polar surface area (TPSA) is 107 Å². The molecule has 0 fully saturated rings. The summed E-state index contributed by atoms with van der Waals surface area (Å²) < 4.78 is 29.5. The van der Waals surface area contributed by atoms with Crippen LogP contribution < -0.4 is 11.2 Å². The summed E-state index contributed by atoms with van der Waals surface area (Å²) in [6, 6.07) is 9.43. The van der Waals surface area contributed by atoms with Crippen LogP contribution in [-0.4, -0.2) is 24.1 Å². The van der Waals surface area contributed by atoms with Gasteiger partial charge in [0.05, 0.1) is 10.6 Å². The third-order valence-corrected chi connectivity index (χ3v) is 4.15. The zero-order chi connectivity index (χ0) is 16.3. The Morgan fingerprint density at radius 2 is 1.82 bits per heavy atom. The van der Waals surface area contributed by atoms with Gasteiger partial charge in [-0.3, -0.25) is 4.79 Å². The van der Waals surface area contributed by atoms with Crippen molar-refractivity contribution in [3.63, 3.8) is 0 Å². The van der Waals surface area contributed by atoms with Crippen molar-refractivity contribution >= 4 is 15.9 Å². The van der Waals surface area contributed by atoms with Gasteiger partial charge in [-0.05, 0) is 38.1 Å². The average Bonchev–Trinajstić information content (AvgIpc) is 2.41. The van der Waals surface area contributed by atoms with Crippen LogP contribution in [0.2, 0.25) is 0 Å². The van der Waals surface area contributed by atoms with E-state index >= 15 is 0 Å². The molecular weight excluding hydrogens is 304 g/mol. The molecule has 2 N–H and O–H groups in total. The van der Waals surface area contributed by atoms with E-state index in [1.54, 1.807) is 25.1 Å². The summed E-state index contributed by atoms with van der Waals surface area (Å²) in [5, 5.41) is 4.06. The molecule has 0 saturated carbocycles. The number of aromatic nitrogens is 2. The highest BCUT2D eigenvalue weighted by Gasteiger charge is 2.13. The number of nitrogens with zero attached hydrogens (tertiary/aromatic N) is 3. The first-order valence-electron chi connectivity index (χ1n) is 6.49. The second kappa shape index (κ2) is 6.10. The van der Waals surface area contributed by atoms with Crippen molar-refractivity contribution in [1.82, 2.24) is 9.78 Å². The summed E-state index contributed by atoms with van der Waals surface area (Å²) in [7, 11) is -3.89. The van der Waals surface area contributed by atoms with Gasteiger partial charge >= 0.3 is 0 Å². The number of rotatable bonds is 4. The summed E-state index contributed by atoms with van der Waals surface area (Å²) >= 11 is 0. The first-order valence-corrected chi connectivity index (χ1v) is 7.93. The number of benzene rings is 1. The largest absolute Gasteiger partial charge is 0.368 e. The molecular formula is C14H16N4O3S. The molecule has 1 aromatic heterocycles. The van der Waals surface area contributed by atoms with Gasteiger partial charge in [-0.15, -0.1) is 4.40 Å². The molecule has 0 atom stereocenters. The van der Waals surface area contributed by atoms with E-state index in [0.717, 1.165) is 5.56 Å². The van der Waals surface area contributed by atoms with Crippen LogP contribution in [0.5, 0.6) is 0 Å². The van der Waals surface area contributed by atoms with Gasteiger partial charge in [-0.1, -0.05) is 17.7 Å². The van der Waals surface area contributed by atoms with Crippen molar-refractivity contribution in [2.24, 2.45) is 10.1 Å². The second-order valence-corrected chi connectivity index (χ2v) is 6.44. The molecule has 0 aliphatic carbocycles. The van der Waals surface area contributed by atoms with Crippen LogP contribution in [0.25, 0.3) is 0 Å². The van der Waals surface area contributed by atoms with Crippen molar-refractivity contribution in [3.8, 4) is 0 Å². The van der Waals surface area contributed by atoms with Gasteiger partial charge in [-0.2, -0.15) is 13.5 Å². The van der Waals surface area contributed by atoms with E-state index in [9.17, 15) is 13.2 Å². The quantitative estimate of drug-likeness (QED) is 0.872. The molecule has 116 valence electrons. The Hall–Kier alpha value is -2.48. The molecule has 8 heteroatoms. The number of amides is 1. The average molecular weight is 320 g/mol. The van der Waals surface area contributed by atoms with Crippen LogP contribution in [0.1, 0.15) is 11.3 Å². The molecule has 0 aliphatic rings. The summed E-state index contributed by atoms with van der Waals surface area (Å²) in [4.78, 5) is 11.1. The molecule has 0 radical (unpaired) electrons. The lowest BCUT2D eigenvalue weighted by Gasteiger charge is -2.05. The minimum atomic E-state index is -3.89. The van der Waals surface area contributed by atoms with Crippen molar-refractivity contribution < 1.29 is 13.2 Å². The SMILES string of the molecule is Cc1ccc(S(=O)(=O)/N=c2/ccc(C)nn2CC(N)=O)cc1. The van der Waals surface area contributed by atoms with Crippen molar-refractivity contribution in [3.05, 3.63) is 53.1 Å². The van der Waals surface area contributed by atoms with Crippen LogP contribution in [0, 0.1) is 13.8 Å². The summed E-state index contributed by atoms with van der Waals surface area (Å²) in [6.45, 7) is 3.33. The minimum Gasteiger partial charge on any atom is -0.368 e. The summed E-state index contributed by atoms with van der Waals surface area (Å²) in [5.74, 6) is -0.632. The Bertz CT molecular complexity index is 868. The standard InChI is InChI=1S/C14H16N4O3S/c1-10-3-6-12(7-4-10)22(20,21)17-14-8-5-11(2)16-18(14)9-13(15)19/h3-8H,9H2,1-2H3,(H2,15,19)/b17-14-. The fourth-order valence-corrected chi connectivity index (χ4v) is 2.77. The maximum atomic E-state index is 12.3. The molecule has 1 aromatic carbocycles. The van der Waals surface area contributed by atoms with Gasteiger partial charge in [0.2, 0.25) is 5.91 Å². The van der Waals surface area contributed by atoms with Crippen molar-refractivity contribution in [1.29, 1.82) is 0 Å². The molecule has 1 amide bonds. The normalized spacial score (nSPS) is 12.4. The van der Waals surface area contributed by atoms with Crippen LogP contribution in [0.3, 0.4) is 0 Å². The highest BCUT2D eigenvalue weighted by molar-refractivity contribution is 7.90. The number of carbonyl (C=O) groups excluding carboxylic acids is 1. The number of nitrogens with two attached hydrogens (primary N) is 1. The molecule has 2 rings (SSSR count). The molecule has 0 spiro atoms. The maximum Gasteiger partial charge on any atom is 0.284 e. The zero-order valence-corrected chi connectivity index (χ0v) is 13.0. The number of primary amides is 1. The number of hydrogen-bond acceptors (Lipinski definition) is 4. The van der Waals surface area contributed by atoms with Crippen LogP contribution in [0.4, 0.5) is 0 Å². The molecule has 22 heavy (non-hydrogen) atoms. The number of hydrogen-bond donors (Lipinski definition) is 1. The smallest absolute Gasteiger partial charge is 0.284 e. The van der Waals surface area contributed by atoms with Crippen LogP contribution in [0.15, 0.2) is 45.7 Å². The highest BCUT2D eigenvalue weighted by atomic mass is 32.2. The summed E-state index contributed by atoms with van der Waals surface area (Å²) in [5.41, 5.74) is 6.75. The van der Waals surface area contributed by atoms with Gasteiger partial charge < -0.3 is 5.73 Å². The summed E-state index contributed by atoms with van der Waals surface area (Å²) in [6.07, 6.45) is 0. The Morgan fingerprint density at radius 1 is 1.18 bits per heavy atom. The fraction of sp³-hybridized carbons (Fsp3) is 0.214. The van der Waals surface area contributed by atoms with Crippen molar-refractivity contribution in [2.75, 3.05) is 0 Å². The van der Waals surface area contributed by atoms with Gasteiger partial charge in [0.15, 0.2) is 5.49 Å². The van der Waals surface area contributed by atoms with E-state index in [2.05, 4.69) is 9.50 Å². The third kappa shape index (κ3) is 3.79. The molecule has 0 bridgehead atoms. The molecule has 1 heterocycles. The molecule has 0 saturated heterocycles. The lowest BCUT2D eigenvalue weighted by molar-refractivity contribution is -0.118. The van der Waals surface area contributed by atoms with E-state index < -0.39 is 15.9 Å². The Balaban J connectivity index is 2.56. The highest BCUT2D eigenvalue weighted by Crippen LogP contribution is 2.12. The van der Waals surface area contributed by atoms with Crippen molar-refractivity contribution in [2.45, 2.75) is 25.3 Å². The second-order valence-electron chi connectivity index (χ2n) is 4.84. The van der Waals surface area contributed by atoms with Gasteiger partial charge in [0.25, 0.3) is 10.0 Å². The molecule has 7 nitrogen and oxygen atoms in total. The first kappa shape index (κ1) is 15.9. The van der Waals surface area contributed by atoms with E-state index in [0.29, 0.717) is 5.69 Å². The van der Waals surface area contributed by atoms with E-state index in [1.165, 1.54) is 22.9 Å². The minimum absolute atomic E-state index is 0.0463. The predicted octanol–water partition coefficient (Wildman–Crippen LogP) is 0.275. The monoisotopic (exact) mass is 320 g/mol. The lowest BCUT2D eigenvalue weighted by atomic mass is 10.2. The van der Waals surface area contributed by atoms with Gasteiger partial charge in [-0.25, -0.2) is 4.68 Å². The van der Waals surface area contributed by atoms with Crippen LogP contribution in [-0.2, 0) is 21.4 Å². The zero-order valence-electron chi connectivity index (χ0n) is 12.2. The third-order valence-electron chi connectivity index (χ3n) is 2.85.